The summed E-state index contributed by atoms with van der Waals surface area (Å²) in [6, 6.07) is 10.4. The van der Waals surface area contributed by atoms with Crippen LogP contribution in [-0.2, 0) is 13.1 Å². The molecule has 0 atom stereocenters. The van der Waals surface area contributed by atoms with Gasteiger partial charge in [0, 0.05) is 18.0 Å². The molecule has 1 aromatic heterocycles. The van der Waals surface area contributed by atoms with Crippen LogP contribution in [0.2, 0.25) is 0 Å². The lowest BCUT2D eigenvalue weighted by Crippen LogP contribution is -2.47. The molecule has 0 amide bonds. The highest BCUT2D eigenvalue weighted by atomic mass is 15.3. The first-order valence-electron chi connectivity index (χ1n) is 4.73. The molecule has 3 heteroatoms. The molecule has 0 saturated carbocycles. The van der Waals surface area contributed by atoms with Crippen LogP contribution >= 0.6 is 0 Å². The van der Waals surface area contributed by atoms with Gasteiger partial charge < -0.3 is 5.73 Å². The van der Waals surface area contributed by atoms with E-state index >= 15 is 0 Å². The van der Waals surface area contributed by atoms with Crippen molar-refractivity contribution < 1.29 is 5.73 Å². The van der Waals surface area contributed by atoms with E-state index in [1.54, 1.807) is 6.20 Å². The highest BCUT2D eigenvalue weighted by Crippen LogP contribution is 2.04. The molecule has 72 valence electrons. The van der Waals surface area contributed by atoms with Gasteiger partial charge in [0.2, 0.25) is 0 Å². The Morgan fingerprint density at radius 1 is 1.14 bits per heavy atom. The highest BCUT2D eigenvalue weighted by Gasteiger charge is 1.95. The third kappa shape index (κ3) is 2.00. The summed E-state index contributed by atoms with van der Waals surface area (Å²) < 4.78 is 1.92. The molecule has 3 N–H and O–H groups in total. The summed E-state index contributed by atoms with van der Waals surface area (Å²) in [5, 5.41) is 4.16. The number of hydrogen-bond acceptors (Lipinski definition) is 1. The minimum atomic E-state index is 0.838. The van der Waals surface area contributed by atoms with Crippen molar-refractivity contribution in [2.24, 2.45) is 0 Å². The van der Waals surface area contributed by atoms with Gasteiger partial charge >= 0.3 is 0 Å². The Bertz CT molecular complexity index is 375. The van der Waals surface area contributed by atoms with Gasteiger partial charge in [-0.3, -0.25) is 4.68 Å². The molecule has 1 heterocycles. The first-order chi connectivity index (χ1) is 6.88. The van der Waals surface area contributed by atoms with Crippen LogP contribution in [0.5, 0.6) is 0 Å². The Kier molecular flexibility index (Phi) is 2.60. The summed E-state index contributed by atoms with van der Waals surface area (Å²) in [5.74, 6) is 0. The lowest BCUT2D eigenvalue weighted by Gasteiger charge is -2.02. The molecule has 0 fully saturated rings. The summed E-state index contributed by atoms with van der Waals surface area (Å²) in [7, 11) is 0. The molecule has 0 saturated heterocycles. The van der Waals surface area contributed by atoms with Gasteiger partial charge in [0.05, 0.1) is 13.1 Å². The molecule has 2 aromatic rings. The van der Waals surface area contributed by atoms with Crippen molar-refractivity contribution in [1.29, 1.82) is 0 Å². The van der Waals surface area contributed by atoms with Crippen molar-refractivity contribution in [3.8, 4) is 0 Å². The number of rotatable bonds is 3. The van der Waals surface area contributed by atoms with Gasteiger partial charge in [0.15, 0.2) is 0 Å². The van der Waals surface area contributed by atoms with E-state index in [4.69, 9.17) is 0 Å². The van der Waals surface area contributed by atoms with Gasteiger partial charge in [-0.25, -0.2) is 0 Å². The smallest absolute Gasteiger partial charge is 0.0997 e. The lowest BCUT2D eigenvalue weighted by molar-refractivity contribution is -0.386. The Hall–Kier alpha value is -1.61. The minimum Gasteiger partial charge on any atom is -0.354 e. The van der Waals surface area contributed by atoms with E-state index in [1.165, 1.54) is 11.1 Å². The van der Waals surface area contributed by atoms with Crippen molar-refractivity contribution in [1.82, 2.24) is 9.78 Å². The van der Waals surface area contributed by atoms with Crippen molar-refractivity contribution in [2.75, 3.05) is 0 Å². The average molecular weight is 188 g/mol. The molecule has 2 rings (SSSR count). The van der Waals surface area contributed by atoms with E-state index in [9.17, 15) is 0 Å². The summed E-state index contributed by atoms with van der Waals surface area (Å²) in [5.41, 5.74) is 6.39. The minimum absolute atomic E-state index is 0.838. The third-order valence-electron chi connectivity index (χ3n) is 2.22. The number of nitrogens with zero attached hydrogens (tertiary/aromatic N) is 2. The topological polar surface area (TPSA) is 45.5 Å². The van der Waals surface area contributed by atoms with E-state index in [0.717, 1.165) is 13.1 Å². The van der Waals surface area contributed by atoms with Crippen molar-refractivity contribution >= 4 is 0 Å². The zero-order valence-electron chi connectivity index (χ0n) is 8.06. The Morgan fingerprint density at radius 2 is 1.86 bits per heavy atom. The summed E-state index contributed by atoms with van der Waals surface area (Å²) >= 11 is 0. The quantitative estimate of drug-likeness (QED) is 0.756. The van der Waals surface area contributed by atoms with Gasteiger partial charge in [0.1, 0.15) is 0 Å². The van der Waals surface area contributed by atoms with Crippen molar-refractivity contribution in [3.05, 3.63) is 53.9 Å². The van der Waals surface area contributed by atoms with Gasteiger partial charge in [0.25, 0.3) is 0 Å². The Balaban J connectivity index is 2.10. The first-order valence-corrected chi connectivity index (χ1v) is 4.73. The molecule has 0 aliphatic carbocycles. The molecule has 0 aliphatic rings. The fourth-order valence-corrected chi connectivity index (χ4v) is 1.39. The van der Waals surface area contributed by atoms with Gasteiger partial charge in [-0.05, 0) is 11.6 Å². The normalized spacial score (nSPS) is 10.4. The second-order valence-electron chi connectivity index (χ2n) is 3.27. The average Bonchev–Trinajstić information content (AvgIpc) is 2.72. The van der Waals surface area contributed by atoms with Gasteiger partial charge in [-0.15, -0.1) is 0 Å². The molecule has 0 unspecified atom stereocenters. The van der Waals surface area contributed by atoms with Gasteiger partial charge in [-0.1, -0.05) is 24.3 Å². The predicted octanol–water partition coefficient (Wildman–Crippen LogP) is 0.673. The maximum Gasteiger partial charge on any atom is 0.0997 e. The zero-order chi connectivity index (χ0) is 9.80. The molecular formula is C11H14N3+. The second-order valence-corrected chi connectivity index (χ2v) is 3.27. The fourth-order valence-electron chi connectivity index (χ4n) is 1.39. The first kappa shape index (κ1) is 8.97. The molecule has 1 aromatic carbocycles. The molecular weight excluding hydrogens is 174 g/mol. The summed E-state index contributed by atoms with van der Waals surface area (Å²) in [4.78, 5) is 0. The molecule has 0 spiro atoms. The fraction of sp³-hybridized carbons (Fsp3) is 0.182. The zero-order valence-corrected chi connectivity index (χ0v) is 8.06. The van der Waals surface area contributed by atoms with Crippen LogP contribution in [0, 0.1) is 0 Å². The van der Waals surface area contributed by atoms with Gasteiger partial charge in [-0.2, -0.15) is 5.10 Å². The van der Waals surface area contributed by atoms with Crippen LogP contribution in [-0.4, -0.2) is 9.78 Å². The standard InChI is InChI=1S/C11H13N3/c12-8-10-2-4-11(5-3-10)9-14-7-1-6-13-14/h1-7H,8-9,12H2/p+1. The van der Waals surface area contributed by atoms with Crippen LogP contribution in [0.4, 0.5) is 0 Å². The monoisotopic (exact) mass is 188 g/mol. The SMILES string of the molecule is [NH3+]Cc1ccc(Cn2cccn2)cc1. The molecule has 14 heavy (non-hydrogen) atoms. The van der Waals surface area contributed by atoms with E-state index < -0.39 is 0 Å². The maximum atomic E-state index is 4.16. The molecule has 3 nitrogen and oxygen atoms in total. The Labute approximate surface area is 83.2 Å². The van der Waals surface area contributed by atoms with E-state index in [0.29, 0.717) is 0 Å². The summed E-state index contributed by atoms with van der Waals surface area (Å²) in [6.45, 7) is 1.69. The third-order valence-corrected chi connectivity index (χ3v) is 2.22. The number of quaternary nitrogens is 1. The van der Waals surface area contributed by atoms with E-state index in [1.807, 2.05) is 16.9 Å². The molecule has 0 radical (unpaired) electrons. The van der Waals surface area contributed by atoms with Crippen molar-refractivity contribution in [3.63, 3.8) is 0 Å². The second kappa shape index (κ2) is 4.07. The number of hydrogen-bond donors (Lipinski definition) is 1. The van der Waals surface area contributed by atoms with Crippen LogP contribution in [0.15, 0.2) is 42.7 Å². The summed E-state index contributed by atoms with van der Waals surface area (Å²) in [6.07, 6.45) is 3.76. The van der Waals surface area contributed by atoms with E-state index in [-0.39, 0.29) is 0 Å². The largest absolute Gasteiger partial charge is 0.354 e. The molecule has 0 bridgehead atoms. The van der Waals surface area contributed by atoms with Crippen LogP contribution in [0.25, 0.3) is 0 Å². The van der Waals surface area contributed by atoms with E-state index in [2.05, 4.69) is 35.1 Å². The van der Waals surface area contributed by atoms with Crippen LogP contribution in [0.3, 0.4) is 0 Å². The lowest BCUT2D eigenvalue weighted by atomic mass is 10.1. The number of benzene rings is 1. The molecule has 0 aliphatic heterocycles. The highest BCUT2D eigenvalue weighted by molar-refractivity contribution is 5.21. The van der Waals surface area contributed by atoms with Crippen LogP contribution in [0.1, 0.15) is 11.1 Å². The predicted molar refractivity (Wildman–Crippen MR) is 54.4 cm³/mol. The number of aromatic nitrogens is 2. The Morgan fingerprint density at radius 3 is 2.43 bits per heavy atom. The maximum absolute atomic E-state index is 4.16. The van der Waals surface area contributed by atoms with Crippen molar-refractivity contribution in [2.45, 2.75) is 13.1 Å². The van der Waals surface area contributed by atoms with Crippen LogP contribution < -0.4 is 5.73 Å².